The number of nitrogens with one attached hydrogen (secondary N) is 2. The number of Topliss-reactive ketones (excluding diaryl/α,β-unsaturated/α-hetero) is 1. The van der Waals surface area contributed by atoms with Crippen LogP contribution in [-0.2, 0) is 60.9 Å². The average molecular weight is 858 g/mol. The third kappa shape index (κ3) is 21.9. The Kier molecular flexibility index (Phi) is 22.3. The van der Waals surface area contributed by atoms with Crippen molar-refractivity contribution in [3.8, 4) is 5.75 Å². The molecule has 3 N–H and O–H groups in total. The Morgan fingerprint density at radius 2 is 1.33 bits per heavy atom. The number of amides is 1. The van der Waals surface area contributed by atoms with E-state index in [4.69, 9.17) is 33.5 Å². The minimum atomic E-state index is -3.95. The largest absolute Gasteiger partial charge is 0.493 e. The number of esters is 1. The highest BCUT2D eigenvalue weighted by Crippen LogP contribution is 2.20. The summed E-state index contributed by atoms with van der Waals surface area (Å²) in [5, 5.41) is 11.2. The van der Waals surface area contributed by atoms with Gasteiger partial charge >= 0.3 is 11.9 Å². The molecule has 0 aliphatic rings. The number of aryl methyl sites for hydroxylation is 1. The summed E-state index contributed by atoms with van der Waals surface area (Å²) in [7, 11) is -3.95. The highest BCUT2D eigenvalue weighted by Gasteiger charge is 2.17. The number of ketones is 1. The molecule has 3 rings (SSSR count). The van der Waals surface area contributed by atoms with Crippen LogP contribution in [-0.4, -0.2) is 114 Å². The van der Waals surface area contributed by atoms with Gasteiger partial charge < -0.3 is 38.8 Å². The van der Waals surface area contributed by atoms with Gasteiger partial charge in [-0.2, -0.15) is 0 Å². The van der Waals surface area contributed by atoms with E-state index in [0.717, 1.165) is 31.2 Å². The van der Waals surface area contributed by atoms with Gasteiger partial charge in [-0.05, 0) is 94.0 Å². The maximum absolute atomic E-state index is 13.0. The molecule has 0 unspecified atom stereocenters. The monoisotopic (exact) mass is 857 g/mol. The molecule has 0 aliphatic heterocycles. The van der Waals surface area contributed by atoms with Crippen LogP contribution in [0.2, 0.25) is 0 Å². The van der Waals surface area contributed by atoms with Crippen LogP contribution in [0, 0.1) is 0 Å². The zero-order chi connectivity index (χ0) is 43.6. The molecule has 16 nitrogen and oxygen atoms in total. The highest BCUT2D eigenvalue weighted by atomic mass is 32.2. The smallest absolute Gasteiger partial charge is 0.329 e. The first-order valence-corrected chi connectivity index (χ1v) is 21.5. The van der Waals surface area contributed by atoms with Crippen LogP contribution in [0.5, 0.6) is 5.75 Å². The van der Waals surface area contributed by atoms with E-state index in [-0.39, 0.29) is 87.2 Å². The fraction of sp³-hybridized carbons (Fsp3) is 0.512. The van der Waals surface area contributed by atoms with Crippen molar-refractivity contribution in [2.45, 2.75) is 82.6 Å². The minimum absolute atomic E-state index is 0.0250. The lowest BCUT2D eigenvalue weighted by Crippen LogP contribution is -2.28. The van der Waals surface area contributed by atoms with Crippen molar-refractivity contribution in [2.24, 2.45) is 0 Å². The Labute approximate surface area is 352 Å². The number of carboxylic acid groups (broad SMARTS) is 1. The van der Waals surface area contributed by atoms with E-state index < -0.39 is 27.5 Å². The summed E-state index contributed by atoms with van der Waals surface area (Å²) in [5.41, 5.74) is 2.15. The molecule has 3 aromatic rings. The molecule has 330 valence electrons. The summed E-state index contributed by atoms with van der Waals surface area (Å²) in [6.07, 6.45) is 6.91. The Morgan fingerprint density at radius 1 is 0.683 bits per heavy atom. The summed E-state index contributed by atoms with van der Waals surface area (Å²) in [6.45, 7) is 7.24. The number of rotatable bonds is 31. The highest BCUT2D eigenvalue weighted by molar-refractivity contribution is 7.92. The lowest BCUT2D eigenvalue weighted by atomic mass is 10.0. The van der Waals surface area contributed by atoms with Crippen molar-refractivity contribution >= 4 is 39.5 Å². The molecule has 0 atom stereocenters. The number of carboxylic acids is 1. The number of anilines is 1. The van der Waals surface area contributed by atoms with Gasteiger partial charge in [0.1, 0.15) is 30.4 Å². The molecule has 0 aliphatic carbocycles. The topological polar surface area (TPSA) is 215 Å². The van der Waals surface area contributed by atoms with Crippen LogP contribution in [0.25, 0.3) is 0 Å². The number of sulfonamides is 1. The van der Waals surface area contributed by atoms with Gasteiger partial charge in [-0.25, -0.2) is 18.2 Å². The maximum atomic E-state index is 13.0. The Hall–Kier alpha value is -4.94. The van der Waals surface area contributed by atoms with Crippen molar-refractivity contribution in [2.75, 3.05) is 70.7 Å². The van der Waals surface area contributed by atoms with Crippen LogP contribution in [0.4, 0.5) is 5.82 Å². The van der Waals surface area contributed by atoms with E-state index in [1.807, 2.05) is 20.8 Å². The number of aliphatic carboxylic acids is 1. The van der Waals surface area contributed by atoms with E-state index in [0.29, 0.717) is 38.2 Å². The number of benzene rings is 2. The van der Waals surface area contributed by atoms with Crippen molar-refractivity contribution in [1.82, 2.24) is 10.3 Å². The number of hydrogen-bond donors (Lipinski definition) is 3. The second-order valence-corrected chi connectivity index (χ2v) is 16.4. The number of carbonyl (C=O) groups excluding carboxylic acids is 3. The second-order valence-electron chi connectivity index (χ2n) is 14.7. The van der Waals surface area contributed by atoms with Gasteiger partial charge in [0.15, 0.2) is 5.78 Å². The number of carbonyl (C=O) groups is 4. The third-order valence-corrected chi connectivity index (χ3v) is 9.73. The number of pyridine rings is 1. The lowest BCUT2D eigenvalue weighted by Gasteiger charge is -2.19. The van der Waals surface area contributed by atoms with Crippen molar-refractivity contribution < 1.29 is 61.1 Å². The van der Waals surface area contributed by atoms with Gasteiger partial charge in [-0.15, -0.1) is 0 Å². The normalized spacial score (nSPS) is 11.5. The molecular weight excluding hydrogens is 799 g/mol. The maximum Gasteiger partial charge on any atom is 0.329 e. The number of nitrogens with zero attached hydrogens (tertiary/aromatic N) is 1. The molecule has 2 aromatic carbocycles. The summed E-state index contributed by atoms with van der Waals surface area (Å²) < 4.78 is 60.4. The van der Waals surface area contributed by atoms with E-state index in [9.17, 15) is 27.6 Å². The van der Waals surface area contributed by atoms with Crippen molar-refractivity contribution in [3.05, 3.63) is 83.6 Å². The third-order valence-electron chi connectivity index (χ3n) is 8.36. The first kappa shape index (κ1) is 49.4. The SMILES string of the molecule is CC(C)(C)OC(=O)CCCCCc1ccc(CCOc2ccc(S(=O)(=O)Nc3ccc(C(=O)NCCOCCOCC(=O)CCCOCCOCC(=O)O)cn3)cc2)cc1. The average Bonchev–Trinajstić information content (AvgIpc) is 3.19. The summed E-state index contributed by atoms with van der Waals surface area (Å²) >= 11 is 0. The summed E-state index contributed by atoms with van der Waals surface area (Å²) in [5.74, 6) is -1.10. The van der Waals surface area contributed by atoms with Crippen LogP contribution in [0.1, 0.15) is 80.8 Å². The van der Waals surface area contributed by atoms with Crippen molar-refractivity contribution in [1.29, 1.82) is 0 Å². The van der Waals surface area contributed by atoms with Gasteiger partial charge in [0.25, 0.3) is 15.9 Å². The first-order chi connectivity index (χ1) is 28.7. The van der Waals surface area contributed by atoms with Crippen LogP contribution < -0.4 is 14.8 Å². The second kappa shape index (κ2) is 27.0. The molecule has 1 heterocycles. The molecule has 0 spiro atoms. The van der Waals surface area contributed by atoms with E-state index in [1.165, 1.54) is 36.0 Å². The standard InChI is InChI=1S/C43H59N3O13S/c1-43(2,3)59-41(50)10-6-4-5-8-33-11-13-34(14-12-33)21-24-58-37-16-18-38(19-17-37)60(52,53)46-39-20-15-35(30-45-39)42(51)44-22-25-55-27-28-56-31-36(47)9-7-23-54-26-29-57-32-40(48)49/h11-20,30H,4-10,21-29,31-32H2,1-3H3,(H,44,51)(H,45,46)(H,48,49). The molecular formula is C43H59N3O13S. The number of ether oxygens (including phenoxy) is 6. The summed E-state index contributed by atoms with van der Waals surface area (Å²) in [4.78, 5) is 50.7. The molecule has 0 fully saturated rings. The Bertz CT molecular complexity index is 1850. The van der Waals surface area contributed by atoms with Gasteiger partial charge in [0.05, 0.1) is 50.1 Å². The zero-order valence-corrected chi connectivity index (χ0v) is 35.6. The van der Waals surface area contributed by atoms with Gasteiger partial charge in [0.2, 0.25) is 0 Å². The molecule has 1 amide bonds. The number of aromatic nitrogens is 1. The fourth-order valence-electron chi connectivity index (χ4n) is 5.39. The van der Waals surface area contributed by atoms with E-state index in [2.05, 4.69) is 39.3 Å². The predicted molar refractivity (Wildman–Crippen MR) is 223 cm³/mol. The molecule has 1 aromatic heterocycles. The number of hydrogen-bond acceptors (Lipinski definition) is 13. The zero-order valence-electron chi connectivity index (χ0n) is 34.8. The summed E-state index contributed by atoms with van der Waals surface area (Å²) in [6, 6.07) is 17.3. The Balaban J connectivity index is 1.24. The molecule has 0 saturated carbocycles. The van der Waals surface area contributed by atoms with Gasteiger partial charge in [0, 0.05) is 38.6 Å². The predicted octanol–water partition coefficient (Wildman–Crippen LogP) is 5.18. The van der Waals surface area contributed by atoms with Gasteiger partial charge in [-0.3, -0.25) is 19.1 Å². The molecule has 60 heavy (non-hydrogen) atoms. The molecule has 0 bridgehead atoms. The van der Waals surface area contributed by atoms with E-state index in [1.54, 1.807) is 12.1 Å². The first-order valence-electron chi connectivity index (χ1n) is 20.0. The molecule has 0 radical (unpaired) electrons. The number of unbranched alkanes of at least 4 members (excludes halogenated alkanes) is 2. The van der Waals surface area contributed by atoms with Crippen LogP contribution in [0.3, 0.4) is 0 Å². The van der Waals surface area contributed by atoms with Gasteiger partial charge in [-0.1, -0.05) is 30.7 Å². The van der Waals surface area contributed by atoms with Crippen molar-refractivity contribution in [3.63, 3.8) is 0 Å². The van der Waals surface area contributed by atoms with Crippen LogP contribution >= 0.6 is 0 Å². The Morgan fingerprint density at radius 3 is 1.98 bits per heavy atom. The quantitative estimate of drug-likeness (QED) is 0.0562. The molecule has 0 saturated heterocycles. The van der Waals surface area contributed by atoms with E-state index >= 15 is 0 Å². The fourth-order valence-corrected chi connectivity index (χ4v) is 6.40. The van der Waals surface area contributed by atoms with Crippen LogP contribution in [0.15, 0.2) is 71.8 Å². The minimum Gasteiger partial charge on any atom is -0.493 e. The lowest BCUT2D eigenvalue weighted by molar-refractivity contribution is -0.155. The molecule has 17 heteroatoms.